The lowest BCUT2D eigenvalue weighted by Gasteiger charge is -2.05. The van der Waals surface area contributed by atoms with Crippen LogP contribution in [0.3, 0.4) is 0 Å². The lowest BCUT2D eigenvalue weighted by molar-refractivity contribution is -0.108. The number of aldehydes is 1. The summed E-state index contributed by atoms with van der Waals surface area (Å²) < 4.78 is 18.0. The van der Waals surface area contributed by atoms with Crippen LogP contribution in [0.25, 0.3) is 0 Å². The summed E-state index contributed by atoms with van der Waals surface area (Å²) in [6, 6.07) is 4.63. The summed E-state index contributed by atoms with van der Waals surface area (Å²) in [5.41, 5.74) is 0.933. The Hall–Kier alpha value is -1.38. The van der Waals surface area contributed by atoms with Crippen LogP contribution in [-0.2, 0) is 4.79 Å². The van der Waals surface area contributed by atoms with E-state index in [0.717, 1.165) is 11.8 Å². The second-order valence-electron chi connectivity index (χ2n) is 2.74. The standard InChI is InChI=1S/C10H11FO2/c1-8-3-4-9(11)10(7-8)13-6-2-5-12/h3-5,7H,2,6H2,1H3. The van der Waals surface area contributed by atoms with E-state index in [0.29, 0.717) is 0 Å². The van der Waals surface area contributed by atoms with Crippen molar-refractivity contribution in [2.75, 3.05) is 6.61 Å². The third-order valence-corrected chi connectivity index (χ3v) is 1.58. The van der Waals surface area contributed by atoms with E-state index in [4.69, 9.17) is 4.74 Å². The number of hydrogen-bond acceptors (Lipinski definition) is 2. The van der Waals surface area contributed by atoms with E-state index in [1.807, 2.05) is 6.92 Å². The lowest BCUT2D eigenvalue weighted by Crippen LogP contribution is -1.99. The van der Waals surface area contributed by atoms with Gasteiger partial charge in [0, 0.05) is 6.42 Å². The largest absolute Gasteiger partial charge is 0.490 e. The fourth-order valence-corrected chi connectivity index (χ4v) is 0.938. The minimum absolute atomic E-state index is 0.210. The molecule has 0 aliphatic rings. The van der Waals surface area contributed by atoms with Gasteiger partial charge in [0.25, 0.3) is 0 Å². The molecule has 0 bridgehead atoms. The van der Waals surface area contributed by atoms with Crippen LogP contribution in [0.5, 0.6) is 5.75 Å². The molecule has 1 aromatic carbocycles. The van der Waals surface area contributed by atoms with Crippen molar-refractivity contribution in [1.82, 2.24) is 0 Å². The highest BCUT2D eigenvalue weighted by molar-refractivity contribution is 5.49. The van der Waals surface area contributed by atoms with Crippen LogP contribution in [0.4, 0.5) is 4.39 Å². The van der Waals surface area contributed by atoms with Crippen molar-refractivity contribution in [3.8, 4) is 5.75 Å². The van der Waals surface area contributed by atoms with Crippen LogP contribution in [0.2, 0.25) is 0 Å². The van der Waals surface area contributed by atoms with Gasteiger partial charge in [0.05, 0.1) is 6.61 Å². The van der Waals surface area contributed by atoms with Crippen molar-refractivity contribution in [3.63, 3.8) is 0 Å². The number of carbonyl (C=O) groups is 1. The molecule has 0 saturated carbocycles. The first kappa shape index (κ1) is 9.71. The Labute approximate surface area is 76.3 Å². The number of benzene rings is 1. The average Bonchev–Trinajstić information content (AvgIpc) is 2.11. The van der Waals surface area contributed by atoms with Gasteiger partial charge in [-0.25, -0.2) is 4.39 Å². The van der Waals surface area contributed by atoms with Gasteiger partial charge in [0.1, 0.15) is 6.29 Å². The zero-order valence-corrected chi connectivity index (χ0v) is 7.42. The van der Waals surface area contributed by atoms with E-state index >= 15 is 0 Å². The van der Waals surface area contributed by atoms with Gasteiger partial charge in [-0.15, -0.1) is 0 Å². The molecule has 0 amide bonds. The van der Waals surface area contributed by atoms with Crippen molar-refractivity contribution in [2.45, 2.75) is 13.3 Å². The molecule has 0 aliphatic heterocycles. The predicted molar refractivity (Wildman–Crippen MR) is 47.3 cm³/mol. The third kappa shape index (κ3) is 2.86. The highest BCUT2D eigenvalue weighted by Crippen LogP contribution is 2.18. The smallest absolute Gasteiger partial charge is 0.165 e. The van der Waals surface area contributed by atoms with E-state index in [9.17, 15) is 9.18 Å². The Morgan fingerprint density at radius 3 is 3.00 bits per heavy atom. The highest BCUT2D eigenvalue weighted by atomic mass is 19.1. The molecule has 0 saturated heterocycles. The molecule has 2 nitrogen and oxygen atoms in total. The third-order valence-electron chi connectivity index (χ3n) is 1.58. The van der Waals surface area contributed by atoms with Crippen molar-refractivity contribution >= 4 is 6.29 Å². The molecule has 13 heavy (non-hydrogen) atoms. The summed E-state index contributed by atoms with van der Waals surface area (Å²) >= 11 is 0. The summed E-state index contributed by atoms with van der Waals surface area (Å²) in [4.78, 5) is 9.97. The van der Waals surface area contributed by atoms with Gasteiger partial charge in [-0.3, -0.25) is 0 Å². The maximum absolute atomic E-state index is 13.0. The maximum Gasteiger partial charge on any atom is 0.165 e. The van der Waals surface area contributed by atoms with Crippen molar-refractivity contribution in [1.29, 1.82) is 0 Å². The molecule has 1 aromatic rings. The number of ether oxygens (including phenoxy) is 1. The average molecular weight is 182 g/mol. The van der Waals surface area contributed by atoms with Gasteiger partial charge in [0.15, 0.2) is 11.6 Å². The first-order valence-electron chi connectivity index (χ1n) is 4.06. The van der Waals surface area contributed by atoms with Crippen molar-refractivity contribution in [3.05, 3.63) is 29.6 Å². The lowest BCUT2D eigenvalue weighted by atomic mass is 10.2. The number of aryl methyl sites for hydroxylation is 1. The zero-order valence-electron chi connectivity index (χ0n) is 7.42. The van der Waals surface area contributed by atoms with Crippen LogP contribution in [-0.4, -0.2) is 12.9 Å². The fourth-order valence-electron chi connectivity index (χ4n) is 0.938. The summed E-state index contributed by atoms with van der Waals surface area (Å²) in [7, 11) is 0. The molecule has 0 aliphatic carbocycles. The molecule has 70 valence electrons. The molecular formula is C10H11FO2. The molecule has 0 N–H and O–H groups in total. The molecule has 0 radical (unpaired) electrons. The minimum Gasteiger partial charge on any atom is -0.490 e. The molecule has 0 spiro atoms. The van der Waals surface area contributed by atoms with Gasteiger partial charge in [-0.2, -0.15) is 0 Å². The van der Waals surface area contributed by atoms with Crippen LogP contribution in [0.1, 0.15) is 12.0 Å². The van der Waals surface area contributed by atoms with E-state index in [-0.39, 0.29) is 18.8 Å². The van der Waals surface area contributed by atoms with Crippen molar-refractivity contribution in [2.24, 2.45) is 0 Å². The van der Waals surface area contributed by atoms with Gasteiger partial charge >= 0.3 is 0 Å². The summed E-state index contributed by atoms with van der Waals surface area (Å²) in [6.45, 7) is 2.08. The predicted octanol–water partition coefficient (Wildman–Crippen LogP) is 2.10. The summed E-state index contributed by atoms with van der Waals surface area (Å²) in [6.07, 6.45) is 1.03. The minimum atomic E-state index is -0.392. The van der Waals surface area contributed by atoms with Crippen LogP contribution in [0, 0.1) is 12.7 Å². The maximum atomic E-state index is 13.0. The molecule has 0 heterocycles. The Kier molecular flexibility index (Phi) is 3.43. The number of carbonyl (C=O) groups excluding carboxylic acids is 1. The van der Waals surface area contributed by atoms with E-state index in [1.54, 1.807) is 12.1 Å². The SMILES string of the molecule is Cc1ccc(F)c(OCCC=O)c1. The fraction of sp³-hybridized carbons (Fsp3) is 0.300. The molecule has 3 heteroatoms. The zero-order chi connectivity index (χ0) is 9.68. The highest BCUT2D eigenvalue weighted by Gasteiger charge is 2.01. The Morgan fingerprint density at radius 1 is 1.54 bits per heavy atom. The second-order valence-corrected chi connectivity index (χ2v) is 2.74. The molecule has 0 fully saturated rings. The van der Waals surface area contributed by atoms with Crippen LogP contribution in [0.15, 0.2) is 18.2 Å². The van der Waals surface area contributed by atoms with E-state index < -0.39 is 5.82 Å². The second kappa shape index (κ2) is 4.60. The molecule has 1 rings (SSSR count). The number of hydrogen-bond donors (Lipinski definition) is 0. The first-order valence-corrected chi connectivity index (χ1v) is 4.06. The van der Waals surface area contributed by atoms with Gasteiger partial charge in [-0.05, 0) is 24.6 Å². The Morgan fingerprint density at radius 2 is 2.31 bits per heavy atom. The van der Waals surface area contributed by atoms with Crippen LogP contribution < -0.4 is 4.74 Å². The molecule has 0 atom stereocenters. The van der Waals surface area contributed by atoms with E-state index in [2.05, 4.69) is 0 Å². The normalized spacial score (nSPS) is 9.69. The topological polar surface area (TPSA) is 26.3 Å². The number of rotatable bonds is 4. The Bertz CT molecular complexity index is 297. The summed E-state index contributed by atoms with van der Waals surface area (Å²) in [5.74, 6) is -0.182. The summed E-state index contributed by atoms with van der Waals surface area (Å²) in [5, 5.41) is 0. The quantitative estimate of drug-likeness (QED) is 0.526. The molecular weight excluding hydrogens is 171 g/mol. The number of halogens is 1. The van der Waals surface area contributed by atoms with E-state index in [1.165, 1.54) is 6.07 Å². The van der Waals surface area contributed by atoms with Crippen LogP contribution >= 0.6 is 0 Å². The van der Waals surface area contributed by atoms with Gasteiger partial charge in [0.2, 0.25) is 0 Å². The van der Waals surface area contributed by atoms with Crippen molar-refractivity contribution < 1.29 is 13.9 Å². The monoisotopic (exact) mass is 182 g/mol. The van der Waals surface area contributed by atoms with Gasteiger partial charge < -0.3 is 9.53 Å². The van der Waals surface area contributed by atoms with Gasteiger partial charge in [-0.1, -0.05) is 6.07 Å². The molecule has 0 unspecified atom stereocenters. The first-order chi connectivity index (χ1) is 6.24. The Balaban J connectivity index is 2.64. The molecule has 0 aromatic heterocycles.